The molecule has 1 aromatic rings. The second kappa shape index (κ2) is 22.4. The minimum atomic E-state index is 0.925. The van der Waals surface area contributed by atoms with Crippen molar-refractivity contribution in [2.24, 2.45) is 0 Å². The molecule has 0 aromatic carbocycles. The first-order valence-electron chi connectivity index (χ1n) is 12.9. The maximum absolute atomic E-state index is 5.00. The van der Waals surface area contributed by atoms with Crippen molar-refractivity contribution in [1.29, 1.82) is 0 Å². The third-order valence-electron chi connectivity index (χ3n) is 5.63. The van der Waals surface area contributed by atoms with Crippen LogP contribution in [0.1, 0.15) is 124 Å². The Labute approximate surface area is 188 Å². The van der Waals surface area contributed by atoms with E-state index < -0.39 is 0 Å². The molecule has 1 heterocycles. The van der Waals surface area contributed by atoms with E-state index in [4.69, 9.17) is 4.74 Å². The molecule has 3 heteroatoms. The maximum atomic E-state index is 5.00. The number of hydrogen-bond donors (Lipinski definition) is 0. The number of aromatic nitrogens is 2. The summed E-state index contributed by atoms with van der Waals surface area (Å²) in [4.78, 5) is 0. The van der Waals surface area contributed by atoms with Crippen molar-refractivity contribution < 1.29 is 9.30 Å². The molecule has 0 aliphatic heterocycles. The zero-order valence-electron chi connectivity index (χ0n) is 21.0. The highest BCUT2D eigenvalue weighted by molar-refractivity contribution is 4.80. The summed E-state index contributed by atoms with van der Waals surface area (Å²) >= 11 is 0. The van der Waals surface area contributed by atoms with Crippen molar-refractivity contribution in [2.45, 2.75) is 137 Å². The predicted octanol–water partition coefficient (Wildman–Crippen LogP) is 8.22. The zero-order valence-corrected chi connectivity index (χ0v) is 21.0. The monoisotopic (exact) mass is 421 g/mol. The van der Waals surface area contributed by atoms with Gasteiger partial charge in [0.1, 0.15) is 12.4 Å². The first-order valence-corrected chi connectivity index (χ1v) is 12.9. The van der Waals surface area contributed by atoms with Gasteiger partial charge in [0, 0.05) is 6.42 Å². The molecule has 0 spiro atoms. The maximum Gasteiger partial charge on any atom is 0.243 e. The van der Waals surface area contributed by atoms with E-state index in [1.807, 2.05) is 0 Å². The summed E-state index contributed by atoms with van der Waals surface area (Å²) in [5.41, 5.74) is 0. The number of ether oxygens (including phenoxy) is 1. The first kappa shape index (κ1) is 28.8. The molecular formula is C27H53N2O+. The number of aryl methyl sites for hydroxylation is 2. The van der Waals surface area contributed by atoms with E-state index in [-0.39, 0.29) is 0 Å². The Bertz CT molecular complexity index is 454. The molecule has 0 unspecified atom stereocenters. The number of unbranched alkanes of at least 4 members (excludes halogenated alkanes) is 12. The topological polar surface area (TPSA) is 18.0 Å². The summed E-state index contributed by atoms with van der Waals surface area (Å²) in [5.74, 6) is 0.925. The van der Waals surface area contributed by atoms with Crippen molar-refractivity contribution in [3.63, 3.8) is 0 Å². The van der Waals surface area contributed by atoms with Crippen LogP contribution >= 0.6 is 0 Å². The molecule has 0 aliphatic rings. The van der Waals surface area contributed by atoms with Gasteiger partial charge in [0.25, 0.3) is 0 Å². The van der Waals surface area contributed by atoms with Crippen molar-refractivity contribution in [2.75, 3.05) is 7.11 Å². The molecule has 0 atom stereocenters. The highest BCUT2D eigenvalue weighted by Crippen LogP contribution is 2.11. The number of nitrogens with zero attached hydrogens (tertiary/aromatic N) is 2. The summed E-state index contributed by atoms with van der Waals surface area (Å²) in [7, 11) is 1.70. The third-order valence-corrected chi connectivity index (χ3v) is 5.63. The Balaban J connectivity index is 0.000000584. The lowest BCUT2D eigenvalue weighted by molar-refractivity contribution is -0.696. The summed E-state index contributed by atoms with van der Waals surface area (Å²) in [6.07, 6.45) is 27.9. The summed E-state index contributed by atoms with van der Waals surface area (Å²) < 4.78 is 9.66. The van der Waals surface area contributed by atoms with Crippen LogP contribution in [0.15, 0.2) is 31.1 Å². The van der Waals surface area contributed by atoms with Crippen molar-refractivity contribution >= 4 is 0 Å². The van der Waals surface area contributed by atoms with E-state index >= 15 is 0 Å². The van der Waals surface area contributed by atoms with Gasteiger partial charge in [-0.2, -0.15) is 0 Å². The van der Waals surface area contributed by atoms with Gasteiger partial charge >= 0.3 is 0 Å². The van der Waals surface area contributed by atoms with Crippen LogP contribution in [0.5, 0.6) is 0 Å². The average Bonchev–Trinajstić information content (AvgIpc) is 3.21. The molecule has 0 saturated carbocycles. The highest BCUT2D eigenvalue weighted by atomic mass is 16.5. The summed E-state index contributed by atoms with van der Waals surface area (Å²) in [6, 6.07) is 0. The Kier molecular flexibility index (Phi) is 21.5. The van der Waals surface area contributed by atoms with Gasteiger partial charge in [-0.15, -0.1) is 0 Å². The molecule has 0 amide bonds. The molecule has 0 aliphatic carbocycles. The number of allylic oxidation sites excluding steroid dienone is 1. The molecule has 0 radical (unpaired) electrons. The van der Waals surface area contributed by atoms with Crippen LogP contribution in [-0.2, 0) is 17.8 Å². The Hall–Kier alpha value is -1.25. The van der Waals surface area contributed by atoms with E-state index in [0.29, 0.717) is 0 Å². The van der Waals surface area contributed by atoms with E-state index in [2.05, 4.69) is 55.2 Å². The summed E-state index contributed by atoms with van der Waals surface area (Å²) in [6.45, 7) is 12.9. The van der Waals surface area contributed by atoms with Crippen molar-refractivity contribution in [3.05, 3.63) is 31.1 Å². The van der Waals surface area contributed by atoms with Crippen molar-refractivity contribution in [1.82, 2.24) is 4.57 Å². The Morgan fingerprint density at radius 2 is 1.30 bits per heavy atom. The van der Waals surface area contributed by atoms with E-state index in [0.717, 1.165) is 12.2 Å². The molecule has 0 N–H and O–H groups in total. The van der Waals surface area contributed by atoms with Crippen LogP contribution in [0.25, 0.3) is 0 Å². The predicted molar refractivity (Wildman–Crippen MR) is 132 cm³/mol. The van der Waals surface area contributed by atoms with Gasteiger partial charge < -0.3 is 4.74 Å². The molecule has 1 aromatic heterocycles. The fourth-order valence-electron chi connectivity index (χ4n) is 3.53. The van der Waals surface area contributed by atoms with Crippen LogP contribution in [-0.4, -0.2) is 11.7 Å². The smallest absolute Gasteiger partial charge is 0.243 e. The molecule has 3 nitrogen and oxygen atoms in total. The standard InChI is InChI=1S/C15H29N2.C12H24O/c1-3-5-7-9-11-16-13-14-17(15-16)12-10-8-6-4-2;1-4-5-6-7-8-9-10-11-12(2)13-3/h13-15H,3-12H2,1-2H3;2,4-11H2,1,3H3/q+1;. The van der Waals surface area contributed by atoms with Gasteiger partial charge in [-0.3, -0.25) is 0 Å². The van der Waals surface area contributed by atoms with Gasteiger partial charge in [0.15, 0.2) is 0 Å². The quantitative estimate of drug-likeness (QED) is 0.125. The minimum absolute atomic E-state index is 0.925. The van der Waals surface area contributed by atoms with E-state index in [1.165, 1.54) is 109 Å². The second-order valence-electron chi connectivity index (χ2n) is 8.62. The van der Waals surface area contributed by atoms with Crippen LogP contribution in [0.3, 0.4) is 0 Å². The SMILES string of the molecule is C=C(CCCCCCCCC)OC.CCCCCCn1cc[n+](CCCCCC)c1. The number of rotatable bonds is 19. The Morgan fingerprint density at radius 1 is 0.767 bits per heavy atom. The largest absolute Gasteiger partial charge is 0.502 e. The normalized spacial score (nSPS) is 10.5. The van der Waals surface area contributed by atoms with Gasteiger partial charge in [-0.05, 0) is 32.1 Å². The zero-order chi connectivity index (χ0) is 22.3. The average molecular weight is 422 g/mol. The molecular weight excluding hydrogens is 368 g/mol. The lowest BCUT2D eigenvalue weighted by Gasteiger charge is -2.03. The third kappa shape index (κ3) is 18.8. The fraction of sp³-hybridized carbons (Fsp3) is 0.815. The molecule has 1 rings (SSSR count). The van der Waals surface area contributed by atoms with E-state index in [9.17, 15) is 0 Å². The molecule has 176 valence electrons. The molecule has 30 heavy (non-hydrogen) atoms. The number of methoxy groups -OCH3 is 1. The first-order chi connectivity index (χ1) is 14.7. The van der Waals surface area contributed by atoms with Gasteiger partial charge in [0.2, 0.25) is 6.33 Å². The Morgan fingerprint density at radius 3 is 1.90 bits per heavy atom. The lowest BCUT2D eigenvalue weighted by Crippen LogP contribution is -2.30. The number of hydrogen-bond acceptors (Lipinski definition) is 1. The van der Waals surface area contributed by atoms with Crippen LogP contribution in [0.2, 0.25) is 0 Å². The van der Waals surface area contributed by atoms with Gasteiger partial charge in [-0.1, -0.05) is 91.6 Å². The minimum Gasteiger partial charge on any atom is -0.502 e. The number of imidazole rings is 1. The van der Waals surface area contributed by atoms with E-state index in [1.54, 1.807) is 7.11 Å². The summed E-state index contributed by atoms with van der Waals surface area (Å²) in [5, 5.41) is 0. The molecule has 0 fully saturated rings. The lowest BCUT2D eigenvalue weighted by atomic mass is 10.1. The fourth-order valence-corrected chi connectivity index (χ4v) is 3.53. The van der Waals surface area contributed by atoms with Gasteiger partial charge in [-0.25, -0.2) is 9.13 Å². The second-order valence-corrected chi connectivity index (χ2v) is 8.62. The van der Waals surface area contributed by atoms with Crippen LogP contribution in [0.4, 0.5) is 0 Å². The van der Waals surface area contributed by atoms with Crippen LogP contribution < -0.4 is 4.57 Å². The highest BCUT2D eigenvalue weighted by Gasteiger charge is 2.02. The molecule has 0 bridgehead atoms. The van der Waals surface area contributed by atoms with Gasteiger partial charge in [0.05, 0.1) is 26.0 Å². The van der Waals surface area contributed by atoms with Crippen molar-refractivity contribution in [3.8, 4) is 0 Å². The molecule has 0 saturated heterocycles. The van der Waals surface area contributed by atoms with Crippen LogP contribution in [0, 0.1) is 0 Å².